The molecule has 0 saturated heterocycles. The van der Waals surface area contributed by atoms with Crippen molar-refractivity contribution in [2.45, 2.75) is 116 Å². The average molecular weight is 423 g/mol. The highest BCUT2D eigenvalue weighted by molar-refractivity contribution is 4.94. The van der Waals surface area contributed by atoms with Crippen LogP contribution in [0.5, 0.6) is 6.01 Å². The molecule has 0 aliphatic heterocycles. The van der Waals surface area contributed by atoms with Gasteiger partial charge < -0.3 is 14.6 Å². The molecule has 5 heteroatoms. The van der Waals surface area contributed by atoms with Crippen molar-refractivity contribution in [2.24, 2.45) is 0 Å². The van der Waals surface area contributed by atoms with Crippen LogP contribution in [0.25, 0.3) is 0 Å². The summed E-state index contributed by atoms with van der Waals surface area (Å²) in [6.07, 6.45) is 24.7. The zero-order valence-corrected chi connectivity index (χ0v) is 19.4. The first-order valence-electron chi connectivity index (χ1n) is 12.5. The van der Waals surface area contributed by atoms with Crippen LogP contribution in [0.4, 0.5) is 0 Å². The minimum Gasteiger partial charge on any atom is -0.455 e. The molecule has 0 aliphatic rings. The molecule has 0 radical (unpaired) electrons. The molecule has 30 heavy (non-hydrogen) atoms. The lowest BCUT2D eigenvalue weighted by atomic mass is 10.0. The van der Waals surface area contributed by atoms with E-state index in [-0.39, 0.29) is 12.6 Å². The first-order valence-corrected chi connectivity index (χ1v) is 12.5. The zero-order chi connectivity index (χ0) is 21.5. The largest absolute Gasteiger partial charge is 0.455 e. The summed E-state index contributed by atoms with van der Waals surface area (Å²) in [5.74, 6) is 0. The van der Waals surface area contributed by atoms with Crippen LogP contribution in [0.3, 0.4) is 0 Å². The second-order valence-electron chi connectivity index (χ2n) is 8.33. The van der Waals surface area contributed by atoms with E-state index in [0.29, 0.717) is 13.2 Å². The Kier molecular flexibility index (Phi) is 18.8. The van der Waals surface area contributed by atoms with Crippen LogP contribution in [-0.4, -0.2) is 41.0 Å². The Morgan fingerprint density at radius 1 is 0.733 bits per heavy atom. The van der Waals surface area contributed by atoms with Crippen molar-refractivity contribution >= 4 is 0 Å². The monoisotopic (exact) mass is 422 g/mol. The van der Waals surface area contributed by atoms with Gasteiger partial charge >= 0.3 is 6.01 Å². The molecule has 1 rings (SSSR count). The second-order valence-corrected chi connectivity index (χ2v) is 8.33. The van der Waals surface area contributed by atoms with E-state index in [0.717, 1.165) is 6.42 Å². The van der Waals surface area contributed by atoms with Gasteiger partial charge in [-0.3, -0.25) is 0 Å². The van der Waals surface area contributed by atoms with Crippen molar-refractivity contribution < 1.29 is 14.6 Å². The highest BCUT2D eigenvalue weighted by Gasteiger charge is 2.10. The minimum atomic E-state index is -0.409. The fourth-order valence-corrected chi connectivity index (χ4v) is 3.59. The van der Waals surface area contributed by atoms with Crippen molar-refractivity contribution in [3.63, 3.8) is 0 Å². The lowest BCUT2D eigenvalue weighted by Crippen LogP contribution is -2.28. The molecule has 0 fully saturated rings. The van der Waals surface area contributed by atoms with Gasteiger partial charge in [0.05, 0.1) is 13.2 Å². The Hall–Kier alpha value is -1.20. The number of unbranched alkanes of at least 4 members (excludes halogenated alkanes) is 15. The van der Waals surface area contributed by atoms with Crippen LogP contribution >= 0.6 is 0 Å². The Balaban J connectivity index is 1.78. The third-order valence-corrected chi connectivity index (χ3v) is 5.46. The number of nitrogens with zero attached hydrogens (tertiary/aromatic N) is 2. The predicted octanol–water partition coefficient (Wildman–Crippen LogP) is 6.49. The van der Waals surface area contributed by atoms with E-state index in [9.17, 15) is 5.11 Å². The number of aromatic nitrogens is 2. The minimum absolute atomic E-state index is 0.1000. The smallest absolute Gasteiger partial charge is 0.316 e. The number of aliphatic hydroxyl groups is 1. The van der Waals surface area contributed by atoms with Crippen molar-refractivity contribution in [3.05, 3.63) is 18.5 Å². The number of hydrogen-bond donors (Lipinski definition) is 1. The second kappa shape index (κ2) is 21.0. The molecule has 1 heterocycles. The highest BCUT2D eigenvalue weighted by Crippen LogP contribution is 2.13. The molecule has 0 saturated carbocycles. The number of ether oxygens (including phenoxy) is 2. The van der Waals surface area contributed by atoms with Crippen molar-refractivity contribution in [3.8, 4) is 6.01 Å². The van der Waals surface area contributed by atoms with E-state index in [1.54, 1.807) is 18.5 Å². The van der Waals surface area contributed by atoms with Gasteiger partial charge in [-0.15, -0.1) is 0 Å². The van der Waals surface area contributed by atoms with Crippen LogP contribution in [0.15, 0.2) is 18.5 Å². The van der Waals surface area contributed by atoms with Crippen LogP contribution in [-0.2, 0) is 4.74 Å². The van der Waals surface area contributed by atoms with E-state index in [1.807, 2.05) is 0 Å². The lowest BCUT2D eigenvalue weighted by molar-refractivity contribution is 0.0144. The van der Waals surface area contributed by atoms with Gasteiger partial charge in [0.1, 0.15) is 6.10 Å². The average Bonchev–Trinajstić information content (AvgIpc) is 2.78. The molecule has 0 bridgehead atoms. The van der Waals surface area contributed by atoms with Gasteiger partial charge in [0.25, 0.3) is 0 Å². The van der Waals surface area contributed by atoms with Gasteiger partial charge in [-0.1, -0.05) is 103 Å². The summed E-state index contributed by atoms with van der Waals surface area (Å²) in [4.78, 5) is 7.99. The standard InChI is InChI=1S/C25H46N2O3/c1-2-3-4-5-6-7-8-9-10-11-12-13-14-15-16-17-21-29-23-24(22-28)30-25-26-19-18-20-27-25/h18-20,24,28H,2-17,21-23H2,1H3. The first-order chi connectivity index (χ1) is 14.9. The Morgan fingerprint density at radius 3 is 1.67 bits per heavy atom. The van der Waals surface area contributed by atoms with Crippen molar-refractivity contribution in [1.82, 2.24) is 9.97 Å². The van der Waals surface area contributed by atoms with E-state index < -0.39 is 6.10 Å². The van der Waals surface area contributed by atoms with Crippen LogP contribution in [0.2, 0.25) is 0 Å². The molecular formula is C25H46N2O3. The van der Waals surface area contributed by atoms with Crippen LogP contribution in [0, 0.1) is 0 Å². The van der Waals surface area contributed by atoms with E-state index in [2.05, 4.69) is 16.9 Å². The lowest BCUT2D eigenvalue weighted by Gasteiger charge is -2.15. The normalized spacial score (nSPS) is 12.2. The quantitative estimate of drug-likeness (QED) is 0.216. The summed E-state index contributed by atoms with van der Waals surface area (Å²) in [7, 11) is 0. The first kappa shape index (κ1) is 26.8. The maximum atomic E-state index is 9.37. The fourth-order valence-electron chi connectivity index (χ4n) is 3.59. The summed E-state index contributed by atoms with van der Waals surface area (Å²) in [6, 6.07) is 2.01. The van der Waals surface area contributed by atoms with Gasteiger partial charge in [0, 0.05) is 19.0 Å². The molecule has 1 unspecified atom stereocenters. The van der Waals surface area contributed by atoms with Crippen molar-refractivity contribution in [1.29, 1.82) is 0 Å². The van der Waals surface area contributed by atoms with Crippen molar-refractivity contribution in [2.75, 3.05) is 19.8 Å². The molecule has 174 valence electrons. The molecular weight excluding hydrogens is 376 g/mol. The summed E-state index contributed by atoms with van der Waals surface area (Å²) in [6.45, 7) is 3.27. The molecule has 0 aliphatic carbocycles. The molecule has 1 N–H and O–H groups in total. The predicted molar refractivity (Wildman–Crippen MR) is 124 cm³/mol. The van der Waals surface area contributed by atoms with E-state index in [4.69, 9.17) is 9.47 Å². The molecule has 1 aromatic heterocycles. The Morgan fingerprint density at radius 2 is 1.20 bits per heavy atom. The van der Waals surface area contributed by atoms with Gasteiger partial charge in [-0.2, -0.15) is 0 Å². The van der Waals surface area contributed by atoms with Gasteiger partial charge in [-0.05, 0) is 12.5 Å². The zero-order valence-electron chi connectivity index (χ0n) is 19.4. The number of hydrogen-bond acceptors (Lipinski definition) is 5. The molecule has 1 atom stereocenters. The Labute approximate surface area is 185 Å². The topological polar surface area (TPSA) is 64.5 Å². The highest BCUT2D eigenvalue weighted by atomic mass is 16.5. The van der Waals surface area contributed by atoms with E-state index in [1.165, 1.54) is 96.3 Å². The number of rotatable bonds is 22. The maximum Gasteiger partial charge on any atom is 0.316 e. The summed E-state index contributed by atoms with van der Waals surface area (Å²) in [5, 5.41) is 9.37. The van der Waals surface area contributed by atoms with Gasteiger partial charge in [-0.25, -0.2) is 9.97 Å². The third-order valence-electron chi connectivity index (χ3n) is 5.46. The maximum absolute atomic E-state index is 9.37. The summed E-state index contributed by atoms with van der Waals surface area (Å²) < 4.78 is 11.1. The third kappa shape index (κ3) is 16.6. The fraction of sp³-hybridized carbons (Fsp3) is 0.840. The van der Waals surface area contributed by atoms with Crippen LogP contribution < -0.4 is 4.74 Å². The molecule has 0 spiro atoms. The van der Waals surface area contributed by atoms with Gasteiger partial charge in [0.2, 0.25) is 0 Å². The molecule has 5 nitrogen and oxygen atoms in total. The molecule has 1 aromatic rings. The Bertz CT molecular complexity index is 459. The van der Waals surface area contributed by atoms with Gasteiger partial charge in [0.15, 0.2) is 0 Å². The number of aliphatic hydroxyl groups excluding tert-OH is 1. The molecule has 0 aromatic carbocycles. The molecule has 0 amide bonds. The SMILES string of the molecule is CCCCCCCCCCCCCCCCCCOCC(CO)Oc1ncccn1. The van der Waals surface area contributed by atoms with E-state index >= 15 is 0 Å². The van der Waals surface area contributed by atoms with Crippen LogP contribution in [0.1, 0.15) is 110 Å². The summed E-state index contributed by atoms with van der Waals surface area (Å²) >= 11 is 0. The summed E-state index contributed by atoms with van der Waals surface area (Å²) in [5.41, 5.74) is 0.